The van der Waals surface area contributed by atoms with Crippen LogP contribution >= 0.6 is 22.9 Å². The molecule has 3 amide bonds. The fraction of sp³-hybridized carbons (Fsp3) is 0.130. The van der Waals surface area contributed by atoms with Crippen molar-refractivity contribution in [1.82, 2.24) is 14.7 Å². The van der Waals surface area contributed by atoms with E-state index in [1.807, 2.05) is 41.9 Å². The number of hydrogen-bond donors (Lipinski definition) is 1. The summed E-state index contributed by atoms with van der Waals surface area (Å²) < 4.78 is 1.85. The van der Waals surface area contributed by atoms with Crippen LogP contribution in [0.1, 0.15) is 41.6 Å². The van der Waals surface area contributed by atoms with Gasteiger partial charge in [-0.1, -0.05) is 29.8 Å². The van der Waals surface area contributed by atoms with Gasteiger partial charge in [-0.15, -0.1) is 11.3 Å². The van der Waals surface area contributed by atoms with Gasteiger partial charge >= 0.3 is 0 Å². The van der Waals surface area contributed by atoms with Crippen LogP contribution in [0.3, 0.4) is 0 Å². The standard InChI is InChI=1S/C23H17ClN4O3S/c1-12-16-10-19(32-23(16)28(26-12)11-13-5-3-4-6-18(13)24)20(29)25-14-7-8-15-17(9-14)22(31)27(2)21(15)30/h3-10H,11H2,1-2H3,(H,25,29). The first kappa shape index (κ1) is 20.4. The zero-order valence-corrected chi connectivity index (χ0v) is 18.8. The number of thiophene rings is 1. The third-order valence-corrected chi connectivity index (χ3v) is 6.97. The van der Waals surface area contributed by atoms with Crippen molar-refractivity contribution in [3.8, 4) is 0 Å². The highest BCUT2D eigenvalue weighted by atomic mass is 35.5. The maximum atomic E-state index is 12.9. The molecule has 5 rings (SSSR count). The smallest absolute Gasteiger partial charge is 0.265 e. The van der Waals surface area contributed by atoms with Gasteiger partial charge < -0.3 is 5.32 Å². The number of carbonyl (C=O) groups excluding carboxylic acids is 3. The van der Waals surface area contributed by atoms with Crippen LogP contribution in [-0.4, -0.2) is 39.4 Å². The van der Waals surface area contributed by atoms with E-state index in [1.165, 1.54) is 24.5 Å². The van der Waals surface area contributed by atoms with Crippen molar-refractivity contribution in [2.24, 2.45) is 0 Å². The van der Waals surface area contributed by atoms with E-state index in [2.05, 4.69) is 10.4 Å². The van der Waals surface area contributed by atoms with Gasteiger partial charge in [0.25, 0.3) is 17.7 Å². The number of halogens is 1. The van der Waals surface area contributed by atoms with E-state index in [4.69, 9.17) is 11.6 Å². The van der Waals surface area contributed by atoms with Crippen molar-refractivity contribution >= 4 is 56.6 Å². The first-order chi connectivity index (χ1) is 15.3. The second-order valence-electron chi connectivity index (χ2n) is 7.55. The van der Waals surface area contributed by atoms with Gasteiger partial charge in [-0.05, 0) is 42.8 Å². The summed E-state index contributed by atoms with van der Waals surface area (Å²) in [5.74, 6) is -1.01. The lowest BCUT2D eigenvalue weighted by Crippen LogP contribution is -2.24. The summed E-state index contributed by atoms with van der Waals surface area (Å²) in [6.07, 6.45) is 0. The molecule has 2 aromatic carbocycles. The fourth-order valence-corrected chi connectivity index (χ4v) is 5.00. The highest BCUT2D eigenvalue weighted by Crippen LogP contribution is 2.31. The molecule has 2 aromatic heterocycles. The molecular weight excluding hydrogens is 448 g/mol. The highest BCUT2D eigenvalue weighted by molar-refractivity contribution is 7.20. The first-order valence-electron chi connectivity index (χ1n) is 9.81. The number of benzene rings is 2. The molecule has 7 nitrogen and oxygen atoms in total. The molecule has 0 aliphatic carbocycles. The van der Waals surface area contributed by atoms with Gasteiger partial charge in [0.1, 0.15) is 4.83 Å². The molecule has 0 fully saturated rings. The number of aryl methyl sites for hydroxylation is 1. The summed E-state index contributed by atoms with van der Waals surface area (Å²) in [5, 5.41) is 8.99. The Morgan fingerprint density at radius 1 is 1.09 bits per heavy atom. The number of imide groups is 1. The summed E-state index contributed by atoms with van der Waals surface area (Å²) in [6.45, 7) is 2.40. The topological polar surface area (TPSA) is 84.3 Å². The van der Waals surface area contributed by atoms with Gasteiger partial charge in [0, 0.05) is 23.1 Å². The van der Waals surface area contributed by atoms with Crippen LogP contribution in [0.5, 0.6) is 0 Å². The largest absolute Gasteiger partial charge is 0.321 e. The Hall–Kier alpha value is -3.49. The number of amides is 3. The summed E-state index contributed by atoms with van der Waals surface area (Å²) in [5.41, 5.74) is 2.86. The number of anilines is 1. The molecule has 3 heterocycles. The number of carbonyl (C=O) groups is 3. The minimum atomic E-state index is -0.377. The number of rotatable bonds is 4. The second-order valence-corrected chi connectivity index (χ2v) is 8.99. The normalized spacial score (nSPS) is 13.2. The van der Waals surface area contributed by atoms with Crippen LogP contribution in [0.4, 0.5) is 5.69 Å². The lowest BCUT2D eigenvalue weighted by molar-refractivity contribution is 0.0692. The average Bonchev–Trinajstić information content (AvgIpc) is 3.40. The maximum Gasteiger partial charge on any atom is 0.265 e. The number of nitrogens with one attached hydrogen (secondary N) is 1. The first-order valence-corrected chi connectivity index (χ1v) is 11.0. The van der Waals surface area contributed by atoms with Crippen LogP contribution in [-0.2, 0) is 6.54 Å². The van der Waals surface area contributed by atoms with Crippen LogP contribution in [0, 0.1) is 6.92 Å². The van der Waals surface area contributed by atoms with Gasteiger partial charge in [0.2, 0.25) is 0 Å². The van der Waals surface area contributed by atoms with Crippen molar-refractivity contribution in [1.29, 1.82) is 0 Å². The van der Waals surface area contributed by atoms with Crippen LogP contribution in [0.25, 0.3) is 10.2 Å². The minimum Gasteiger partial charge on any atom is -0.321 e. The van der Waals surface area contributed by atoms with Gasteiger partial charge in [-0.3, -0.25) is 24.0 Å². The zero-order valence-electron chi connectivity index (χ0n) is 17.2. The molecule has 160 valence electrons. The molecule has 0 bridgehead atoms. The Morgan fingerprint density at radius 3 is 2.62 bits per heavy atom. The molecule has 0 radical (unpaired) electrons. The van der Waals surface area contributed by atoms with Crippen molar-refractivity contribution < 1.29 is 14.4 Å². The Bertz CT molecular complexity index is 1440. The van der Waals surface area contributed by atoms with E-state index in [0.29, 0.717) is 27.7 Å². The maximum absolute atomic E-state index is 12.9. The van der Waals surface area contributed by atoms with Crippen LogP contribution in [0.15, 0.2) is 48.5 Å². The summed E-state index contributed by atoms with van der Waals surface area (Å²) in [4.78, 5) is 39.7. The molecule has 0 spiro atoms. The SMILES string of the molecule is Cc1nn(Cc2ccccc2Cl)c2sc(C(=O)Nc3ccc4c(c3)C(=O)N(C)C4=O)cc12. The lowest BCUT2D eigenvalue weighted by Gasteiger charge is -2.06. The third-order valence-electron chi connectivity index (χ3n) is 5.46. The fourth-order valence-electron chi connectivity index (χ4n) is 3.75. The summed E-state index contributed by atoms with van der Waals surface area (Å²) in [7, 11) is 1.44. The van der Waals surface area contributed by atoms with Crippen LogP contribution < -0.4 is 5.32 Å². The molecule has 0 unspecified atom stereocenters. The van der Waals surface area contributed by atoms with E-state index in [1.54, 1.807) is 12.1 Å². The predicted octanol–water partition coefficient (Wildman–Crippen LogP) is 4.59. The van der Waals surface area contributed by atoms with E-state index < -0.39 is 0 Å². The van der Waals surface area contributed by atoms with E-state index >= 15 is 0 Å². The lowest BCUT2D eigenvalue weighted by atomic mass is 10.1. The molecular formula is C23H17ClN4O3S. The van der Waals surface area contributed by atoms with Gasteiger partial charge in [0.05, 0.1) is 28.2 Å². The van der Waals surface area contributed by atoms with Crippen molar-refractivity contribution in [2.75, 3.05) is 12.4 Å². The third kappa shape index (κ3) is 3.28. The summed E-state index contributed by atoms with van der Waals surface area (Å²) >= 11 is 7.64. The van der Waals surface area contributed by atoms with Crippen molar-refractivity contribution in [3.05, 3.63) is 80.8 Å². The van der Waals surface area contributed by atoms with Crippen molar-refractivity contribution in [3.63, 3.8) is 0 Å². The number of fused-ring (bicyclic) bond motifs is 2. The zero-order chi connectivity index (χ0) is 22.6. The van der Waals surface area contributed by atoms with Gasteiger partial charge in [-0.2, -0.15) is 5.10 Å². The Labute approximate surface area is 192 Å². The predicted molar refractivity (Wildman–Crippen MR) is 124 cm³/mol. The summed E-state index contributed by atoms with van der Waals surface area (Å²) in [6, 6.07) is 14.1. The van der Waals surface area contributed by atoms with E-state index in [-0.39, 0.29) is 23.3 Å². The minimum absolute atomic E-state index is 0.290. The van der Waals surface area contributed by atoms with E-state index in [9.17, 15) is 14.4 Å². The Morgan fingerprint density at radius 2 is 1.84 bits per heavy atom. The van der Waals surface area contributed by atoms with Crippen molar-refractivity contribution in [2.45, 2.75) is 13.5 Å². The van der Waals surface area contributed by atoms with Crippen LogP contribution in [0.2, 0.25) is 5.02 Å². The molecule has 1 aliphatic heterocycles. The van der Waals surface area contributed by atoms with Gasteiger partial charge in [0.15, 0.2) is 0 Å². The molecule has 0 saturated heterocycles. The number of aromatic nitrogens is 2. The monoisotopic (exact) mass is 464 g/mol. The molecule has 0 saturated carbocycles. The van der Waals surface area contributed by atoms with E-state index in [0.717, 1.165) is 26.4 Å². The number of hydrogen-bond acceptors (Lipinski definition) is 5. The molecule has 4 aromatic rings. The quantitative estimate of drug-likeness (QED) is 0.448. The molecule has 1 N–H and O–H groups in total. The second kappa shape index (κ2) is 7.58. The average molecular weight is 465 g/mol. The molecule has 32 heavy (non-hydrogen) atoms. The Kier molecular flexibility index (Phi) is 4.83. The molecule has 9 heteroatoms. The molecule has 0 atom stereocenters. The Balaban J connectivity index is 1.42. The number of nitrogens with zero attached hydrogens (tertiary/aromatic N) is 3. The highest BCUT2D eigenvalue weighted by Gasteiger charge is 2.32. The van der Waals surface area contributed by atoms with Gasteiger partial charge in [-0.25, -0.2) is 0 Å². The molecule has 1 aliphatic rings.